The van der Waals surface area contributed by atoms with Crippen LogP contribution < -0.4 is 5.56 Å². The van der Waals surface area contributed by atoms with E-state index in [2.05, 4.69) is 4.98 Å². The van der Waals surface area contributed by atoms with E-state index in [0.717, 1.165) is 31.2 Å². The smallest absolute Gasteiger partial charge is 0.306 e. The minimum atomic E-state index is -0.803. The predicted octanol–water partition coefficient (Wildman–Crippen LogP) is 2.13. The summed E-state index contributed by atoms with van der Waals surface area (Å²) in [7, 11) is 0. The minimum Gasteiger partial charge on any atom is -0.453 e. The van der Waals surface area contributed by atoms with Gasteiger partial charge in [-0.2, -0.15) is 5.26 Å². The Morgan fingerprint density at radius 3 is 2.44 bits per heavy atom. The molecule has 1 aromatic heterocycles. The summed E-state index contributed by atoms with van der Waals surface area (Å²) in [5.74, 6) is -0.609. The van der Waals surface area contributed by atoms with E-state index < -0.39 is 17.6 Å². The molecule has 27 heavy (non-hydrogen) atoms. The van der Waals surface area contributed by atoms with Crippen molar-refractivity contribution in [1.29, 1.82) is 5.26 Å². The largest absolute Gasteiger partial charge is 0.453 e. The van der Waals surface area contributed by atoms with Crippen molar-refractivity contribution in [3.63, 3.8) is 0 Å². The molecule has 7 nitrogen and oxygen atoms in total. The van der Waals surface area contributed by atoms with Crippen molar-refractivity contribution in [2.45, 2.75) is 65.4 Å². The van der Waals surface area contributed by atoms with Gasteiger partial charge in [0.15, 0.2) is 6.10 Å². The van der Waals surface area contributed by atoms with Gasteiger partial charge in [0, 0.05) is 25.2 Å². The number of likely N-dealkylation sites (tertiary alicyclic amines) is 1. The van der Waals surface area contributed by atoms with Gasteiger partial charge in [-0.25, -0.2) is 0 Å². The van der Waals surface area contributed by atoms with E-state index in [0.29, 0.717) is 30.8 Å². The zero-order valence-corrected chi connectivity index (χ0v) is 16.3. The summed E-state index contributed by atoms with van der Waals surface area (Å²) in [5.41, 5.74) is 1.62. The lowest BCUT2D eigenvalue weighted by Gasteiger charge is -2.24. The molecule has 2 rings (SSSR count). The molecule has 0 aromatic carbocycles. The Balaban J connectivity index is 1.95. The van der Waals surface area contributed by atoms with Gasteiger partial charge < -0.3 is 14.6 Å². The number of rotatable bonds is 5. The minimum absolute atomic E-state index is 0.0636. The Hall–Kier alpha value is -2.62. The SMILES string of the molecule is Cc1[nH]c(=O)c(C#N)c(C)c1CCC(=O)O[C@@H](C)C(=O)N1CCCCCC1. The summed E-state index contributed by atoms with van der Waals surface area (Å²) in [6.45, 7) is 6.48. The molecule has 0 bridgehead atoms. The van der Waals surface area contributed by atoms with Crippen molar-refractivity contribution in [1.82, 2.24) is 9.88 Å². The first-order valence-corrected chi connectivity index (χ1v) is 9.46. The second-order valence-corrected chi connectivity index (χ2v) is 7.04. The number of hydrogen-bond acceptors (Lipinski definition) is 5. The predicted molar refractivity (Wildman–Crippen MR) is 100 cm³/mol. The molecule has 0 radical (unpaired) electrons. The second-order valence-electron chi connectivity index (χ2n) is 7.04. The lowest BCUT2D eigenvalue weighted by molar-refractivity contribution is -0.159. The van der Waals surface area contributed by atoms with E-state index in [-0.39, 0.29) is 17.9 Å². The van der Waals surface area contributed by atoms with Gasteiger partial charge in [0.25, 0.3) is 11.5 Å². The van der Waals surface area contributed by atoms with Gasteiger partial charge >= 0.3 is 5.97 Å². The molecule has 7 heteroatoms. The van der Waals surface area contributed by atoms with Gasteiger partial charge in [0.1, 0.15) is 11.6 Å². The molecule has 1 aliphatic rings. The second kappa shape index (κ2) is 9.36. The number of aryl methyl sites for hydroxylation is 1. The van der Waals surface area contributed by atoms with Crippen LogP contribution in [0.25, 0.3) is 0 Å². The molecule has 0 aliphatic carbocycles. The maximum atomic E-state index is 12.5. The van der Waals surface area contributed by atoms with Crippen LogP contribution in [-0.2, 0) is 20.7 Å². The van der Waals surface area contributed by atoms with Crippen LogP contribution in [0.3, 0.4) is 0 Å². The Bertz CT molecular complexity index is 799. The van der Waals surface area contributed by atoms with Crippen LogP contribution in [0, 0.1) is 25.2 Å². The third-order valence-electron chi connectivity index (χ3n) is 5.07. The first kappa shape index (κ1) is 20.7. The number of aromatic amines is 1. The first-order chi connectivity index (χ1) is 12.8. The number of esters is 1. The zero-order valence-electron chi connectivity index (χ0n) is 16.3. The van der Waals surface area contributed by atoms with E-state index in [1.165, 1.54) is 0 Å². The van der Waals surface area contributed by atoms with Gasteiger partial charge in [-0.05, 0) is 51.2 Å². The van der Waals surface area contributed by atoms with Gasteiger partial charge in [-0.1, -0.05) is 12.8 Å². The number of nitrogens with one attached hydrogen (secondary N) is 1. The Labute approximate surface area is 159 Å². The summed E-state index contributed by atoms with van der Waals surface area (Å²) in [5, 5.41) is 9.11. The normalized spacial score (nSPS) is 15.6. The fourth-order valence-corrected chi connectivity index (χ4v) is 3.50. The zero-order chi connectivity index (χ0) is 20.0. The Kier molecular flexibility index (Phi) is 7.17. The summed E-state index contributed by atoms with van der Waals surface area (Å²) >= 11 is 0. The van der Waals surface area contributed by atoms with Crippen LogP contribution in [0.15, 0.2) is 4.79 Å². The number of amides is 1. The van der Waals surface area contributed by atoms with E-state index in [1.807, 2.05) is 6.07 Å². The number of aromatic nitrogens is 1. The number of hydrogen-bond donors (Lipinski definition) is 1. The molecule has 0 saturated carbocycles. The first-order valence-electron chi connectivity index (χ1n) is 9.46. The lowest BCUT2D eigenvalue weighted by Crippen LogP contribution is -2.40. The standard InChI is InChI=1S/C20H27N3O4/c1-13-16(14(2)22-19(25)17(13)12-21)8-9-18(24)27-15(3)20(26)23-10-6-4-5-7-11-23/h15H,4-11H2,1-3H3,(H,22,25)/t15-/m0/s1. The van der Waals surface area contributed by atoms with Gasteiger partial charge in [0.05, 0.1) is 0 Å². The Morgan fingerprint density at radius 1 is 1.22 bits per heavy atom. The van der Waals surface area contributed by atoms with Crippen molar-refractivity contribution in [3.05, 3.63) is 32.7 Å². The highest BCUT2D eigenvalue weighted by Crippen LogP contribution is 2.16. The molecule has 1 aliphatic heterocycles. The van der Waals surface area contributed by atoms with Gasteiger partial charge in [0.2, 0.25) is 0 Å². The molecule has 0 unspecified atom stereocenters. The van der Waals surface area contributed by atoms with Crippen LogP contribution in [0.1, 0.15) is 61.4 Å². The van der Waals surface area contributed by atoms with Crippen LogP contribution in [0.2, 0.25) is 0 Å². The molecule has 1 amide bonds. The van der Waals surface area contributed by atoms with Crippen LogP contribution in [0.5, 0.6) is 0 Å². The van der Waals surface area contributed by atoms with E-state index in [1.54, 1.807) is 25.7 Å². The van der Waals surface area contributed by atoms with Crippen LogP contribution in [-0.4, -0.2) is 41.0 Å². The topological polar surface area (TPSA) is 103 Å². The van der Waals surface area contributed by atoms with Crippen molar-refractivity contribution < 1.29 is 14.3 Å². The molecule has 1 fully saturated rings. The molecular weight excluding hydrogens is 346 g/mol. The van der Waals surface area contributed by atoms with E-state index >= 15 is 0 Å². The molecule has 1 saturated heterocycles. The fraction of sp³-hybridized carbons (Fsp3) is 0.600. The number of carbonyl (C=O) groups excluding carboxylic acids is 2. The maximum Gasteiger partial charge on any atom is 0.306 e. The van der Waals surface area contributed by atoms with Crippen molar-refractivity contribution in [3.8, 4) is 6.07 Å². The number of ether oxygens (including phenoxy) is 1. The fourth-order valence-electron chi connectivity index (χ4n) is 3.50. The third kappa shape index (κ3) is 5.19. The quantitative estimate of drug-likeness (QED) is 0.797. The maximum absolute atomic E-state index is 12.5. The average Bonchev–Trinajstić information content (AvgIpc) is 2.90. The molecular formula is C20H27N3O4. The van der Waals surface area contributed by atoms with Gasteiger partial charge in [-0.15, -0.1) is 0 Å². The van der Waals surface area contributed by atoms with E-state index in [4.69, 9.17) is 10.00 Å². The number of carbonyl (C=O) groups is 2. The van der Waals surface area contributed by atoms with Crippen molar-refractivity contribution >= 4 is 11.9 Å². The average molecular weight is 373 g/mol. The molecule has 1 N–H and O–H groups in total. The molecule has 2 heterocycles. The van der Waals surface area contributed by atoms with Crippen LogP contribution in [0.4, 0.5) is 0 Å². The summed E-state index contributed by atoms with van der Waals surface area (Å²) in [6, 6.07) is 1.90. The highest BCUT2D eigenvalue weighted by atomic mass is 16.5. The van der Waals surface area contributed by atoms with Crippen molar-refractivity contribution in [2.24, 2.45) is 0 Å². The highest BCUT2D eigenvalue weighted by molar-refractivity contribution is 5.83. The Morgan fingerprint density at radius 2 is 1.85 bits per heavy atom. The summed E-state index contributed by atoms with van der Waals surface area (Å²) < 4.78 is 5.32. The van der Waals surface area contributed by atoms with E-state index in [9.17, 15) is 14.4 Å². The van der Waals surface area contributed by atoms with Crippen LogP contribution >= 0.6 is 0 Å². The number of nitriles is 1. The highest BCUT2D eigenvalue weighted by Gasteiger charge is 2.24. The molecule has 146 valence electrons. The number of H-pyrrole nitrogens is 1. The molecule has 1 aromatic rings. The number of pyridine rings is 1. The summed E-state index contributed by atoms with van der Waals surface area (Å²) in [6.07, 6.45) is 3.84. The third-order valence-corrected chi connectivity index (χ3v) is 5.07. The number of nitrogens with zero attached hydrogens (tertiary/aromatic N) is 2. The molecule has 0 spiro atoms. The molecule has 1 atom stereocenters. The lowest BCUT2D eigenvalue weighted by atomic mass is 9.99. The van der Waals surface area contributed by atoms with Gasteiger partial charge in [-0.3, -0.25) is 14.4 Å². The monoisotopic (exact) mass is 373 g/mol. The summed E-state index contributed by atoms with van der Waals surface area (Å²) in [4.78, 5) is 40.8. The van der Waals surface area contributed by atoms with Crippen molar-refractivity contribution in [2.75, 3.05) is 13.1 Å².